The van der Waals surface area contributed by atoms with Crippen LogP contribution >= 0.6 is 0 Å². The van der Waals surface area contributed by atoms with Crippen LogP contribution in [0.3, 0.4) is 0 Å². The molecule has 0 bridgehead atoms. The van der Waals surface area contributed by atoms with Gasteiger partial charge < -0.3 is 20.0 Å². The number of aromatic nitrogens is 1. The number of hydrogen-bond acceptors (Lipinski definition) is 4. The summed E-state index contributed by atoms with van der Waals surface area (Å²) in [5.41, 5.74) is 0.938. The Morgan fingerprint density at radius 3 is 2.56 bits per heavy atom. The lowest BCUT2D eigenvalue weighted by Crippen LogP contribution is -2.41. The summed E-state index contributed by atoms with van der Waals surface area (Å²) in [6.45, 7) is 16.6. The van der Waals surface area contributed by atoms with Gasteiger partial charge in [-0.05, 0) is 52.0 Å². The molecule has 25 heavy (non-hydrogen) atoms. The second-order valence-corrected chi connectivity index (χ2v) is 7.43. The number of oxazole rings is 1. The Balaban J connectivity index is 1.74. The predicted molar refractivity (Wildman–Crippen MR) is 103 cm³/mol. The third-order valence-electron chi connectivity index (χ3n) is 4.68. The monoisotopic (exact) mass is 349 g/mol. The minimum atomic E-state index is 0.463. The molecule has 2 heterocycles. The minimum absolute atomic E-state index is 0.463. The van der Waals surface area contributed by atoms with Crippen LogP contribution in [0, 0.1) is 25.7 Å². The Bertz CT molecular complexity index is 525. The van der Waals surface area contributed by atoms with E-state index in [2.05, 4.69) is 46.3 Å². The molecule has 1 saturated heterocycles. The summed E-state index contributed by atoms with van der Waals surface area (Å²) in [6, 6.07) is 0. The van der Waals surface area contributed by atoms with Crippen molar-refractivity contribution in [3.8, 4) is 0 Å². The average molecular weight is 350 g/mol. The van der Waals surface area contributed by atoms with E-state index in [9.17, 15) is 0 Å². The van der Waals surface area contributed by atoms with Gasteiger partial charge in [-0.25, -0.2) is 9.98 Å². The van der Waals surface area contributed by atoms with Crippen LogP contribution in [0.25, 0.3) is 0 Å². The van der Waals surface area contributed by atoms with Gasteiger partial charge in [0, 0.05) is 26.2 Å². The number of likely N-dealkylation sites (tertiary alicyclic amines) is 1. The van der Waals surface area contributed by atoms with Crippen LogP contribution in [0.4, 0.5) is 0 Å². The van der Waals surface area contributed by atoms with Crippen LogP contribution in [0.5, 0.6) is 0 Å². The van der Waals surface area contributed by atoms with Gasteiger partial charge in [0.05, 0.1) is 5.69 Å². The van der Waals surface area contributed by atoms with Crippen molar-refractivity contribution in [2.75, 3.05) is 32.7 Å². The van der Waals surface area contributed by atoms with Crippen LogP contribution < -0.4 is 10.6 Å². The Hall–Kier alpha value is -1.56. The maximum absolute atomic E-state index is 5.59. The zero-order valence-corrected chi connectivity index (χ0v) is 16.6. The summed E-state index contributed by atoms with van der Waals surface area (Å²) >= 11 is 0. The lowest BCUT2D eigenvalue weighted by Gasteiger charge is -2.35. The van der Waals surface area contributed by atoms with E-state index in [1.807, 2.05) is 13.8 Å². The molecule has 2 unspecified atom stereocenters. The lowest BCUT2D eigenvalue weighted by atomic mass is 9.92. The number of guanidine groups is 1. The number of piperidine rings is 1. The molecule has 1 aromatic rings. The number of rotatable bonds is 7. The highest BCUT2D eigenvalue weighted by molar-refractivity contribution is 5.79. The summed E-state index contributed by atoms with van der Waals surface area (Å²) in [5, 5.41) is 6.70. The number of nitrogens with zero attached hydrogens (tertiary/aromatic N) is 3. The molecule has 1 fully saturated rings. The third-order valence-corrected chi connectivity index (χ3v) is 4.68. The first-order valence-electron chi connectivity index (χ1n) is 9.65. The molecule has 1 aliphatic rings. The maximum Gasteiger partial charge on any atom is 0.216 e. The molecule has 6 nitrogen and oxygen atoms in total. The van der Waals surface area contributed by atoms with Crippen LogP contribution in [-0.2, 0) is 6.54 Å². The van der Waals surface area contributed by atoms with E-state index in [0.717, 1.165) is 55.3 Å². The van der Waals surface area contributed by atoms with Crippen molar-refractivity contribution < 1.29 is 4.42 Å². The first kappa shape index (κ1) is 19.8. The largest absolute Gasteiger partial charge is 0.444 e. The second-order valence-electron chi connectivity index (χ2n) is 7.43. The van der Waals surface area contributed by atoms with Gasteiger partial charge in [0.1, 0.15) is 12.3 Å². The molecule has 2 rings (SSSR count). The summed E-state index contributed by atoms with van der Waals surface area (Å²) in [4.78, 5) is 11.5. The van der Waals surface area contributed by atoms with Gasteiger partial charge in [0.15, 0.2) is 5.96 Å². The maximum atomic E-state index is 5.59. The summed E-state index contributed by atoms with van der Waals surface area (Å²) < 4.78 is 5.59. The fourth-order valence-electron chi connectivity index (χ4n) is 3.58. The molecule has 0 spiro atoms. The van der Waals surface area contributed by atoms with E-state index in [1.165, 1.54) is 19.5 Å². The highest BCUT2D eigenvalue weighted by atomic mass is 16.4. The average Bonchev–Trinajstić information content (AvgIpc) is 2.86. The van der Waals surface area contributed by atoms with Crippen LogP contribution in [0.15, 0.2) is 9.41 Å². The predicted octanol–water partition coefficient (Wildman–Crippen LogP) is 2.71. The number of aryl methyl sites for hydroxylation is 2. The standard InChI is InChI=1S/C19H35N5O/c1-6-20-19(22-11-18-23-16(4)17(5)25-18)21-8-7-9-24-12-14(2)10-15(3)13-24/h14-15H,6-13H2,1-5H3,(H2,20,21,22). The summed E-state index contributed by atoms with van der Waals surface area (Å²) in [5.74, 6) is 4.01. The summed E-state index contributed by atoms with van der Waals surface area (Å²) in [7, 11) is 0. The van der Waals surface area contributed by atoms with Gasteiger partial charge in [-0.15, -0.1) is 0 Å². The highest BCUT2D eigenvalue weighted by Gasteiger charge is 2.20. The normalized spacial score (nSPS) is 22.2. The molecular weight excluding hydrogens is 314 g/mol. The van der Waals surface area contributed by atoms with Gasteiger partial charge >= 0.3 is 0 Å². The fraction of sp³-hybridized carbons (Fsp3) is 0.789. The molecule has 0 saturated carbocycles. The first-order valence-corrected chi connectivity index (χ1v) is 9.65. The van der Waals surface area contributed by atoms with Gasteiger partial charge in [-0.2, -0.15) is 0 Å². The zero-order chi connectivity index (χ0) is 18.2. The molecule has 0 amide bonds. The van der Waals surface area contributed by atoms with Gasteiger partial charge in [-0.3, -0.25) is 0 Å². The quantitative estimate of drug-likeness (QED) is 0.450. The number of hydrogen-bond donors (Lipinski definition) is 2. The molecule has 0 aliphatic carbocycles. The molecule has 1 aromatic heterocycles. The SMILES string of the molecule is CCNC(=NCc1nc(C)c(C)o1)NCCCN1CC(C)CC(C)C1. The van der Waals surface area contributed by atoms with Gasteiger partial charge in [0.25, 0.3) is 0 Å². The second kappa shape index (κ2) is 9.80. The third kappa shape index (κ3) is 6.69. The fourth-order valence-corrected chi connectivity index (χ4v) is 3.58. The van der Waals surface area contributed by atoms with Gasteiger partial charge in [-0.1, -0.05) is 13.8 Å². The van der Waals surface area contributed by atoms with Crippen molar-refractivity contribution in [2.45, 2.75) is 54.0 Å². The number of aliphatic imine (C=N–C) groups is 1. The van der Waals surface area contributed by atoms with E-state index in [-0.39, 0.29) is 0 Å². The van der Waals surface area contributed by atoms with E-state index in [4.69, 9.17) is 4.42 Å². The van der Waals surface area contributed by atoms with Crippen molar-refractivity contribution in [3.05, 3.63) is 17.3 Å². The molecular formula is C19H35N5O. The molecule has 1 aliphatic heterocycles. The van der Waals surface area contributed by atoms with Crippen LogP contribution in [0.1, 0.15) is 51.0 Å². The van der Waals surface area contributed by atoms with Crippen LogP contribution in [-0.4, -0.2) is 48.6 Å². The zero-order valence-electron chi connectivity index (χ0n) is 16.6. The molecule has 6 heteroatoms. The Morgan fingerprint density at radius 2 is 1.96 bits per heavy atom. The Labute approximate surface area is 152 Å². The first-order chi connectivity index (χ1) is 12.0. The van der Waals surface area contributed by atoms with Crippen molar-refractivity contribution in [2.24, 2.45) is 16.8 Å². The van der Waals surface area contributed by atoms with Crippen molar-refractivity contribution in [1.29, 1.82) is 0 Å². The highest BCUT2D eigenvalue weighted by Crippen LogP contribution is 2.20. The minimum Gasteiger partial charge on any atom is -0.444 e. The van der Waals surface area contributed by atoms with E-state index < -0.39 is 0 Å². The van der Waals surface area contributed by atoms with Crippen molar-refractivity contribution in [1.82, 2.24) is 20.5 Å². The molecule has 2 atom stereocenters. The number of nitrogens with one attached hydrogen (secondary N) is 2. The van der Waals surface area contributed by atoms with Crippen molar-refractivity contribution in [3.63, 3.8) is 0 Å². The topological polar surface area (TPSA) is 65.7 Å². The Morgan fingerprint density at radius 1 is 1.24 bits per heavy atom. The van der Waals surface area contributed by atoms with E-state index >= 15 is 0 Å². The van der Waals surface area contributed by atoms with E-state index in [1.54, 1.807) is 0 Å². The summed E-state index contributed by atoms with van der Waals surface area (Å²) in [6.07, 6.45) is 2.49. The smallest absolute Gasteiger partial charge is 0.216 e. The molecule has 142 valence electrons. The molecule has 0 aromatic carbocycles. The van der Waals surface area contributed by atoms with Gasteiger partial charge in [0.2, 0.25) is 5.89 Å². The van der Waals surface area contributed by atoms with E-state index in [0.29, 0.717) is 12.4 Å². The molecule has 0 radical (unpaired) electrons. The lowest BCUT2D eigenvalue weighted by molar-refractivity contribution is 0.140. The Kier molecular flexibility index (Phi) is 7.75. The van der Waals surface area contributed by atoms with Crippen molar-refractivity contribution >= 4 is 5.96 Å². The molecule has 2 N–H and O–H groups in total. The van der Waals surface area contributed by atoms with Crippen LogP contribution in [0.2, 0.25) is 0 Å².